The largest absolute Gasteiger partial charge is 0.459 e. The molecule has 3 nitrogen and oxygen atoms in total. The molecule has 1 aliphatic rings. The van der Waals surface area contributed by atoms with Gasteiger partial charge in [0, 0.05) is 5.69 Å². The van der Waals surface area contributed by atoms with Gasteiger partial charge in [-0.2, -0.15) is 0 Å². The highest BCUT2D eigenvalue weighted by atomic mass is 16.5. The first-order valence-electron chi connectivity index (χ1n) is 6.24. The average molecular weight is 233 g/mol. The van der Waals surface area contributed by atoms with Crippen LogP contribution in [0.3, 0.4) is 0 Å². The van der Waals surface area contributed by atoms with Gasteiger partial charge in [-0.1, -0.05) is 18.6 Å². The molecule has 1 saturated carbocycles. The van der Waals surface area contributed by atoms with Gasteiger partial charge in [-0.3, -0.25) is 0 Å². The number of ether oxygens (including phenoxy) is 1. The fourth-order valence-corrected chi connectivity index (χ4v) is 2.26. The summed E-state index contributed by atoms with van der Waals surface area (Å²) in [5.74, 6) is -0.280. The molecule has 1 aromatic carbocycles. The van der Waals surface area contributed by atoms with Crippen molar-refractivity contribution in [2.24, 2.45) is 0 Å². The van der Waals surface area contributed by atoms with Crippen LogP contribution >= 0.6 is 0 Å². The fraction of sp³-hybridized carbons (Fsp3) is 0.500. The zero-order chi connectivity index (χ0) is 12.3. The summed E-state index contributed by atoms with van der Waals surface area (Å²) in [6, 6.07) is 5.46. The molecule has 0 bridgehead atoms. The van der Waals surface area contributed by atoms with Crippen LogP contribution in [0.4, 0.5) is 5.69 Å². The van der Waals surface area contributed by atoms with Gasteiger partial charge >= 0.3 is 5.97 Å². The minimum absolute atomic E-state index is 0.0798. The zero-order valence-electron chi connectivity index (χ0n) is 10.2. The lowest BCUT2D eigenvalue weighted by molar-refractivity contribution is 0.0212. The van der Waals surface area contributed by atoms with Gasteiger partial charge in [-0.25, -0.2) is 4.79 Å². The number of aryl methyl sites for hydroxylation is 1. The van der Waals surface area contributed by atoms with Gasteiger partial charge in [0.05, 0.1) is 5.56 Å². The van der Waals surface area contributed by atoms with Crippen LogP contribution in [0, 0.1) is 6.92 Å². The molecule has 2 rings (SSSR count). The molecule has 3 heteroatoms. The van der Waals surface area contributed by atoms with E-state index in [9.17, 15) is 4.79 Å². The average Bonchev–Trinajstić information content (AvgIpc) is 2.34. The van der Waals surface area contributed by atoms with Crippen LogP contribution in [0.5, 0.6) is 0 Å². The molecule has 92 valence electrons. The van der Waals surface area contributed by atoms with Crippen molar-refractivity contribution in [3.05, 3.63) is 29.3 Å². The van der Waals surface area contributed by atoms with Gasteiger partial charge in [-0.15, -0.1) is 0 Å². The third kappa shape index (κ3) is 2.78. The Balaban J connectivity index is 2.06. The summed E-state index contributed by atoms with van der Waals surface area (Å²) in [5, 5.41) is 0. The number of carbonyl (C=O) groups excluding carboxylic acids is 1. The number of nitrogen functional groups attached to an aromatic ring is 1. The van der Waals surface area contributed by atoms with Crippen LogP contribution in [0.15, 0.2) is 18.2 Å². The molecule has 0 aliphatic heterocycles. The quantitative estimate of drug-likeness (QED) is 0.631. The Morgan fingerprint density at radius 1 is 1.29 bits per heavy atom. The molecule has 2 N–H and O–H groups in total. The van der Waals surface area contributed by atoms with Crippen molar-refractivity contribution in [2.75, 3.05) is 5.73 Å². The Labute approximate surface area is 102 Å². The molecule has 0 heterocycles. The van der Waals surface area contributed by atoms with E-state index in [1.165, 1.54) is 6.42 Å². The van der Waals surface area contributed by atoms with E-state index in [0.717, 1.165) is 31.2 Å². The molecular weight excluding hydrogens is 214 g/mol. The van der Waals surface area contributed by atoms with Crippen molar-refractivity contribution < 1.29 is 9.53 Å². The third-order valence-corrected chi connectivity index (χ3v) is 3.37. The van der Waals surface area contributed by atoms with E-state index in [0.29, 0.717) is 11.3 Å². The van der Waals surface area contributed by atoms with Gasteiger partial charge in [0.15, 0.2) is 0 Å². The molecular formula is C14H19NO2. The number of hydrogen-bond donors (Lipinski definition) is 1. The fourth-order valence-electron chi connectivity index (χ4n) is 2.26. The molecule has 17 heavy (non-hydrogen) atoms. The number of nitrogens with two attached hydrogens (primary N) is 1. The smallest absolute Gasteiger partial charge is 0.340 e. The van der Waals surface area contributed by atoms with Crippen molar-refractivity contribution in [1.82, 2.24) is 0 Å². The molecule has 0 amide bonds. The van der Waals surface area contributed by atoms with E-state index in [1.807, 2.05) is 19.1 Å². The second-order valence-electron chi connectivity index (χ2n) is 4.70. The van der Waals surface area contributed by atoms with E-state index in [2.05, 4.69) is 0 Å². The Morgan fingerprint density at radius 3 is 2.71 bits per heavy atom. The summed E-state index contributed by atoms with van der Waals surface area (Å²) >= 11 is 0. The van der Waals surface area contributed by atoms with E-state index >= 15 is 0 Å². The van der Waals surface area contributed by atoms with Gasteiger partial charge < -0.3 is 10.5 Å². The van der Waals surface area contributed by atoms with Crippen molar-refractivity contribution in [1.29, 1.82) is 0 Å². The minimum Gasteiger partial charge on any atom is -0.459 e. The first kappa shape index (κ1) is 12.0. The van der Waals surface area contributed by atoms with Gasteiger partial charge in [0.25, 0.3) is 0 Å². The van der Waals surface area contributed by atoms with Crippen molar-refractivity contribution in [2.45, 2.75) is 45.1 Å². The Morgan fingerprint density at radius 2 is 2.00 bits per heavy atom. The summed E-state index contributed by atoms with van der Waals surface area (Å²) in [6.07, 6.45) is 5.61. The second-order valence-corrected chi connectivity index (χ2v) is 4.70. The van der Waals surface area contributed by atoms with E-state index in [1.54, 1.807) is 6.07 Å². The molecule has 0 saturated heterocycles. The van der Waals surface area contributed by atoms with E-state index < -0.39 is 0 Å². The molecule has 0 spiro atoms. The minimum atomic E-state index is -0.280. The molecule has 0 atom stereocenters. The monoisotopic (exact) mass is 233 g/mol. The third-order valence-electron chi connectivity index (χ3n) is 3.37. The second kappa shape index (κ2) is 5.21. The lowest BCUT2D eigenvalue weighted by Gasteiger charge is -2.22. The van der Waals surface area contributed by atoms with E-state index in [4.69, 9.17) is 10.5 Å². The van der Waals surface area contributed by atoms with Gasteiger partial charge in [0.1, 0.15) is 6.10 Å². The molecule has 1 aliphatic carbocycles. The SMILES string of the molecule is Cc1cccc(C(=O)OC2CCCCC2)c1N. The maximum Gasteiger partial charge on any atom is 0.340 e. The molecule has 1 aromatic rings. The summed E-state index contributed by atoms with van der Waals surface area (Å²) in [7, 11) is 0. The Hall–Kier alpha value is -1.51. The lowest BCUT2D eigenvalue weighted by atomic mass is 9.98. The Kier molecular flexibility index (Phi) is 3.67. The molecule has 0 radical (unpaired) electrons. The lowest BCUT2D eigenvalue weighted by Crippen LogP contribution is -2.21. The summed E-state index contributed by atoms with van der Waals surface area (Å²) in [6.45, 7) is 1.90. The predicted molar refractivity (Wildman–Crippen MR) is 67.9 cm³/mol. The summed E-state index contributed by atoms with van der Waals surface area (Å²) in [4.78, 5) is 12.0. The van der Waals surface area contributed by atoms with Crippen LogP contribution in [-0.4, -0.2) is 12.1 Å². The van der Waals surface area contributed by atoms with Crippen LogP contribution in [0.25, 0.3) is 0 Å². The molecule has 0 aromatic heterocycles. The summed E-state index contributed by atoms with van der Waals surface area (Å²) < 4.78 is 5.49. The van der Waals surface area contributed by atoms with Crippen molar-refractivity contribution in [3.63, 3.8) is 0 Å². The van der Waals surface area contributed by atoms with Crippen molar-refractivity contribution >= 4 is 11.7 Å². The van der Waals surface area contributed by atoms with Crippen LogP contribution < -0.4 is 5.73 Å². The van der Waals surface area contributed by atoms with Crippen LogP contribution in [0.2, 0.25) is 0 Å². The number of para-hydroxylation sites is 1. The summed E-state index contributed by atoms with van der Waals surface area (Å²) in [5.41, 5.74) is 7.84. The van der Waals surface area contributed by atoms with Crippen molar-refractivity contribution in [3.8, 4) is 0 Å². The highest BCUT2D eigenvalue weighted by molar-refractivity contribution is 5.95. The highest BCUT2D eigenvalue weighted by Crippen LogP contribution is 2.23. The van der Waals surface area contributed by atoms with E-state index in [-0.39, 0.29) is 12.1 Å². The zero-order valence-corrected chi connectivity index (χ0v) is 10.2. The van der Waals surface area contributed by atoms with Gasteiger partial charge in [-0.05, 0) is 44.2 Å². The number of esters is 1. The Bertz CT molecular complexity index is 409. The number of benzene rings is 1. The number of rotatable bonds is 2. The topological polar surface area (TPSA) is 52.3 Å². The maximum atomic E-state index is 12.0. The number of anilines is 1. The maximum absolute atomic E-state index is 12.0. The molecule has 0 unspecified atom stereocenters. The van der Waals surface area contributed by atoms with Crippen LogP contribution in [0.1, 0.15) is 48.0 Å². The first-order chi connectivity index (χ1) is 8.18. The molecule has 1 fully saturated rings. The number of hydrogen-bond acceptors (Lipinski definition) is 3. The van der Waals surface area contributed by atoms with Crippen LogP contribution in [-0.2, 0) is 4.74 Å². The normalized spacial score (nSPS) is 16.8. The standard InChI is InChI=1S/C14H19NO2/c1-10-6-5-9-12(13(10)15)14(16)17-11-7-3-2-4-8-11/h5-6,9,11H,2-4,7-8,15H2,1H3. The highest BCUT2D eigenvalue weighted by Gasteiger charge is 2.20. The first-order valence-corrected chi connectivity index (χ1v) is 6.24. The van der Waals surface area contributed by atoms with Gasteiger partial charge in [0.2, 0.25) is 0 Å². The number of carbonyl (C=O) groups is 1. The predicted octanol–water partition coefficient (Wildman–Crippen LogP) is 3.07.